The number of rotatable bonds is 6. The Balaban J connectivity index is 1.61. The van der Waals surface area contributed by atoms with Crippen molar-refractivity contribution in [2.75, 3.05) is 24.6 Å². The quantitative estimate of drug-likeness (QED) is 0.660. The van der Waals surface area contributed by atoms with E-state index in [1.165, 1.54) is 24.5 Å². The van der Waals surface area contributed by atoms with Crippen LogP contribution in [0.15, 0.2) is 47.6 Å². The first-order valence-corrected chi connectivity index (χ1v) is 10.6. The predicted octanol–water partition coefficient (Wildman–Crippen LogP) is 1.79. The predicted molar refractivity (Wildman–Crippen MR) is 106 cm³/mol. The van der Waals surface area contributed by atoms with Gasteiger partial charge in [0.05, 0.1) is 28.3 Å². The zero-order valence-electron chi connectivity index (χ0n) is 15.5. The summed E-state index contributed by atoms with van der Waals surface area (Å²) in [5.41, 5.74) is 0.699. The summed E-state index contributed by atoms with van der Waals surface area (Å²) in [7, 11) is -3.95. The van der Waals surface area contributed by atoms with Crippen LogP contribution in [0.5, 0.6) is 0 Å². The lowest BCUT2D eigenvalue weighted by molar-refractivity contribution is 0.0526. The molecule has 1 fully saturated rings. The van der Waals surface area contributed by atoms with Gasteiger partial charge in [0.25, 0.3) is 10.0 Å². The molecule has 0 radical (unpaired) electrons. The van der Waals surface area contributed by atoms with Crippen LogP contribution in [0.2, 0.25) is 5.02 Å². The van der Waals surface area contributed by atoms with E-state index in [0.717, 1.165) is 0 Å². The van der Waals surface area contributed by atoms with Crippen molar-refractivity contribution in [3.05, 3.63) is 53.3 Å². The Labute approximate surface area is 173 Å². The molecule has 29 heavy (non-hydrogen) atoms. The van der Waals surface area contributed by atoms with E-state index >= 15 is 0 Å². The maximum atomic E-state index is 12.2. The Bertz CT molecular complexity index is 1010. The number of urea groups is 1. The number of pyridine rings is 1. The monoisotopic (exact) mass is 438 g/mol. The highest BCUT2D eigenvalue weighted by Crippen LogP contribution is 2.32. The van der Waals surface area contributed by atoms with Gasteiger partial charge in [0.2, 0.25) is 0 Å². The topological polar surface area (TPSA) is 118 Å². The molecule has 2 aromatic rings. The highest BCUT2D eigenvalue weighted by molar-refractivity contribution is 7.90. The fraction of sp³-hybridized carbons (Fsp3) is 0.278. The van der Waals surface area contributed by atoms with Gasteiger partial charge in [0.1, 0.15) is 5.56 Å². The van der Waals surface area contributed by atoms with E-state index in [1.54, 1.807) is 30.0 Å². The van der Waals surface area contributed by atoms with E-state index in [-0.39, 0.29) is 28.1 Å². The number of aromatic nitrogens is 1. The van der Waals surface area contributed by atoms with E-state index in [9.17, 15) is 18.0 Å². The first-order chi connectivity index (χ1) is 13.8. The third kappa shape index (κ3) is 4.77. The van der Waals surface area contributed by atoms with Gasteiger partial charge >= 0.3 is 12.0 Å². The normalized spacial score (nSPS) is 14.1. The van der Waals surface area contributed by atoms with Crippen molar-refractivity contribution in [3.8, 4) is 0 Å². The van der Waals surface area contributed by atoms with Gasteiger partial charge in [-0.15, -0.1) is 0 Å². The summed E-state index contributed by atoms with van der Waals surface area (Å²) in [5.74, 6) is -0.541. The molecule has 1 aromatic heterocycles. The molecule has 0 unspecified atom stereocenters. The number of esters is 1. The Morgan fingerprint density at radius 3 is 2.59 bits per heavy atom. The Kier molecular flexibility index (Phi) is 6.23. The summed E-state index contributed by atoms with van der Waals surface area (Å²) >= 11 is 6.20. The van der Waals surface area contributed by atoms with Crippen molar-refractivity contribution < 1.29 is 22.7 Å². The molecule has 0 bridgehead atoms. The van der Waals surface area contributed by atoms with Gasteiger partial charge in [0.15, 0.2) is 0 Å². The van der Waals surface area contributed by atoms with Crippen molar-refractivity contribution >= 4 is 39.3 Å². The minimum absolute atomic E-state index is 0.00645. The number of sulfonamides is 1. The van der Waals surface area contributed by atoms with Crippen molar-refractivity contribution in [1.82, 2.24) is 15.0 Å². The van der Waals surface area contributed by atoms with E-state index < -0.39 is 22.0 Å². The molecular formula is C18H19ClN4O5S. The van der Waals surface area contributed by atoms with Gasteiger partial charge in [-0.3, -0.25) is 4.98 Å². The van der Waals surface area contributed by atoms with Gasteiger partial charge < -0.3 is 15.0 Å². The highest BCUT2D eigenvalue weighted by Gasteiger charge is 2.33. The highest BCUT2D eigenvalue weighted by atomic mass is 35.5. The van der Waals surface area contributed by atoms with Crippen molar-refractivity contribution in [2.45, 2.75) is 17.9 Å². The second-order valence-corrected chi connectivity index (χ2v) is 8.32. The number of ether oxygens (including phenoxy) is 1. The lowest BCUT2D eigenvalue weighted by atomic mass is 10.1. The number of carbonyl (C=O) groups excluding carboxylic acids is 2. The summed E-state index contributed by atoms with van der Waals surface area (Å²) in [6.07, 6.45) is 2.79. The van der Waals surface area contributed by atoms with Crippen LogP contribution in [0.4, 0.5) is 10.5 Å². The Morgan fingerprint density at radius 1 is 1.24 bits per heavy atom. The number of nitrogens with one attached hydrogen (secondary N) is 2. The number of halogens is 1. The molecule has 9 nitrogen and oxygen atoms in total. The lowest BCUT2D eigenvalue weighted by Gasteiger charge is -2.42. The third-order valence-corrected chi connectivity index (χ3v) is 5.81. The minimum Gasteiger partial charge on any atom is -0.462 e. The summed E-state index contributed by atoms with van der Waals surface area (Å²) in [4.78, 5) is 29.9. The third-order valence-electron chi connectivity index (χ3n) is 4.18. The number of carbonyl (C=O) groups is 2. The molecule has 11 heteroatoms. The van der Waals surface area contributed by atoms with Gasteiger partial charge in [0, 0.05) is 25.5 Å². The zero-order chi connectivity index (χ0) is 21.0. The minimum atomic E-state index is -3.95. The van der Waals surface area contributed by atoms with Gasteiger partial charge in [-0.25, -0.2) is 22.7 Å². The summed E-state index contributed by atoms with van der Waals surface area (Å²) in [6, 6.07) is 6.44. The van der Waals surface area contributed by atoms with Crippen LogP contribution >= 0.6 is 11.6 Å². The molecule has 2 N–H and O–H groups in total. The number of benzene rings is 1. The average Bonchev–Trinajstić information content (AvgIpc) is 2.65. The van der Waals surface area contributed by atoms with Crippen LogP contribution in [-0.2, 0) is 14.8 Å². The van der Waals surface area contributed by atoms with Crippen molar-refractivity contribution in [2.24, 2.45) is 0 Å². The van der Waals surface area contributed by atoms with Crippen LogP contribution in [0.1, 0.15) is 17.3 Å². The van der Waals surface area contributed by atoms with Gasteiger partial charge in [-0.05, 0) is 19.1 Å². The van der Waals surface area contributed by atoms with E-state index in [0.29, 0.717) is 18.8 Å². The number of nitrogens with zero attached hydrogens (tertiary/aromatic N) is 2. The first kappa shape index (κ1) is 20.9. The molecule has 1 aliphatic rings. The number of anilines is 1. The fourth-order valence-corrected chi connectivity index (χ4v) is 4.07. The van der Waals surface area contributed by atoms with Crippen molar-refractivity contribution in [3.63, 3.8) is 0 Å². The standard InChI is InChI=1S/C18H19ClN4O5S/c1-2-28-17(24)14-8-20-9-15(19)16(14)23-10-12(11-23)21-18(25)22-29(26,27)13-6-4-3-5-7-13/h3-9,12H,2,10-11H2,1H3,(H2,21,22,25). The van der Waals surface area contributed by atoms with Crippen LogP contribution < -0.4 is 14.9 Å². The van der Waals surface area contributed by atoms with Gasteiger partial charge in [-0.1, -0.05) is 29.8 Å². The molecule has 0 aliphatic carbocycles. The van der Waals surface area contributed by atoms with Crippen LogP contribution in [0.3, 0.4) is 0 Å². The number of hydrogen-bond donors (Lipinski definition) is 2. The van der Waals surface area contributed by atoms with Crippen LogP contribution in [-0.4, -0.2) is 51.1 Å². The molecule has 1 aliphatic heterocycles. The molecule has 3 rings (SSSR count). The maximum absolute atomic E-state index is 12.2. The molecule has 2 amide bonds. The molecule has 2 heterocycles. The summed E-state index contributed by atoms with van der Waals surface area (Å²) < 4.78 is 31.4. The molecule has 0 atom stereocenters. The van der Waals surface area contributed by atoms with Gasteiger partial charge in [-0.2, -0.15) is 0 Å². The molecule has 0 spiro atoms. The second kappa shape index (κ2) is 8.66. The molecule has 1 saturated heterocycles. The summed E-state index contributed by atoms with van der Waals surface area (Å²) in [6.45, 7) is 2.59. The Morgan fingerprint density at radius 2 is 1.93 bits per heavy atom. The maximum Gasteiger partial charge on any atom is 0.341 e. The van der Waals surface area contributed by atoms with E-state index in [1.807, 2.05) is 4.72 Å². The zero-order valence-corrected chi connectivity index (χ0v) is 17.0. The van der Waals surface area contributed by atoms with E-state index in [4.69, 9.17) is 16.3 Å². The smallest absolute Gasteiger partial charge is 0.341 e. The van der Waals surface area contributed by atoms with Crippen molar-refractivity contribution in [1.29, 1.82) is 0 Å². The lowest BCUT2D eigenvalue weighted by Crippen LogP contribution is -2.61. The second-order valence-electron chi connectivity index (χ2n) is 6.23. The van der Waals surface area contributed by atoms with Crippen LogP contribution in [0, 0.1) is 0 Å². The van der Waals surface area contributed by atoms with E-state index in [2.05, 4.69) is 10.3 Å². The number of hydrogen-bond acceptors (Lipinski definition) is 7. The first-order valence-electron chi connectivity index (χ1n) is 8.75. The Hall–Kier alpha value is -2.85. The molecule has 1 aromatic carbocycles. The largest absolute Gasteiger partial charge is 0.462 e. The molecule has 0 saturated carbocycles. The fourth-order valence-electron chi connectivity index (χ4n) is 2.86. The summed E-state index contributed by atoms with van der Waals surface area (Å²) in [5, 5.41) is 2.87. The molecular weight excluding hydrogens is 420 g/mol. The van der Waals surface area contributed by atoms with Crippen LogP contribution in [0.25, 0.3) is 0 Å². The average molecular weight is 439 g/mol. The SMILES string of the molecule is CCOC(=O)c1cncc(Cl)c1N1CC(NC(=O)NS(=O)(=O)c2ccccc2)C1. The molecule has 154 valence electrons. The number of amides is 2.